The maximum Gasteiger partial charge on any atom is 0.0543 e. The molecule has 0 aliphatic heterocycles. The summed E-state index contributed by atoms with van der Waals surface area (Å²) in [6.07, 6.45) is 19.4. The summed E-state index contributed by atoms with van der Waals surface area (Å²) >= 11 is 0. The molecule has 118 valence electrons. The van der Waals surface area contributed by atoms with Crippen molar-refractivity contribution in [3.63, 3.8) is 0 Å². The van der Waals surface area contributed by atoms with Gasteiger partial charge in [0.1, 0.15) is 0 Å². The number of aliphatic hydroxyl groups excluding tert-OH is 1. The van der Waals surface area contributed by atoms with Gasteiger partial charge in [-0.05, 0) is 49.9 Å². The van der Waals surface area contributed by atoms with Gasteiger partial charge in [-0.1, -0.05) is 64.7 Å². The van der Waals surface area contributed by atoms with E-state index in [0.29, 0.717) is 0 Å². The van der Waals surface area contributed by atoms with Crippen molar-refractivity contribution in [2.75, 3.05) is 0 Å². The maximum absolute atomic E-state index is 9.85. The highest BCUT2D eigenvalue weighted by Crippen LogP contribution is 2.41. The predicted octanol–water partition coefficient (Wildman–Crippen LogP) is 5.70. The van der Waals surface area contributed by atoms with Crippen molar-refractivity contribution in [1.82, 2.24) is 0 Å². The molecule has 0 radical (unpaired) electrons. The van der Waals surface area contributed by atoms with E-state index in [0.717, 1.165) is 30.6 Å². The molecule has 1 heteroatoms. The third-order valence-corrected chi connectivity index (χ3v) is 5.96. The van der Waals surface area contributed by atoms with Gasteiger partial charge in [0.25, 0.3) is 0 Å². The van der Waals surface area contributed by atoms with E-state index in [1.54, 1.807) is 0 Å². The van der Waals surface area contributed by atoms with Crippen LogP contribution < -0.4 is 0 Å². The molecule has 0 saturated heterocycles. The van der Waals surface area contributed by atoms with Crippen molar-refractivity contribution in [1.29, 1.82) is 0 Å². The van der Waals surface area contributed by atoms with Crippen LogP contribution in [0.1, 0.15) is 96.8 Å². The molecule has 2 aliphatic rings. The minimum Gasteiger partial charge on any atom is -0.393 e. The van der Waals surface area contributed by atoms with Crippen LogP contribution in [0.4, 0.5) is 0 Å². The zero-order valence-electron chi connectivity index (χ0n) is 13.7. The molecule has 2 aliphatic carbocycles. The van der Waals surface area contributed by atoms with Gasteiger partial charge in [0.15, 0.2) is 0 Å². The Labute approximate surface area is 126 Å². The molecule has 1 nitrogen and oxygen atoms in total. The molecule has 0 heterocycles. The second-order valence-electron chi connectivity index (χ2n) is 7.56. The Morgan fingerprint density at radius 2 is 1.55 bits per heavy atom. The molecule has 0 aromatic carbocycles. The number of unbranched alkanes of at least 4 members (excludes halogenated alkanes) is 4. The van der Waals surface area contributed by atoms with Crippen molar-refractivity contribution in [3.05, 3.63) is 0 Å². The quantitative estimate of drug-likeness (QED) is 0.593. The minimum absolute atomic E-state index is 0.0186. The molecule has 0 aromatic rings. The van der Waals surface area contributed by atoms with Crippen LogP contribution in [0.2, 0.25) is 0 Å². The average molecular weight is 280 g/mol. The van der Waals surface area contributed by atoms with Gasteiger partial charge < -0.3 is 5.11 Å². The second kappa shape index (κ2) is 9.07. The number of hydrogen-bond acceptors (Lipinski definition) is 1. The molecule has 0 aromatic heterocycles. The SMILES string of the molecule is CCCCCCCC1CCC(C2CCCC(O)C2)CC1. The summed E-state index contributed by atoms with van der Waals surface area (Å²) < 4.78 is 0. The summed E-state index contributed by atoms with van der Waals surface area (Å²) in [6, 6.07) is 0. The summed E-state index contributed by atoms with van der Waals surface area (Å²) in [4.78, 5) is 0. The minimum atomic E-state index is 0.0186. The van der Waals surface area contributed by atoms with E-state index in [2.05, 4.69) is 6.92 Å². The van der Waals surface area contributed by atoms with Crippen molar-refractivity contribution < 1.29 is 5.11 Å². The summed E-state index contributed by atoms with van der Waals surface area (Å²) in [5.74, 6) is 2.83. The van der Waals surface area contributed by atoms with Crippen LogP contribution in [0.25, 0.3) is 0 Å². The first-order valence-electron chi connectivity index (χ1n) is 9.47. The Morgan fingerprint density at radius 1 is 0.800 bits per heavy atom. The Kier molecular flexibility index (Phi) is 7.41. The van der Waals surface area contributed by atoms with Crippen LogP contribution in [0.15, 0.2) is 0 Å². The molecule has 0 spiro atoms. The first-order chi connectivity index (χ1) is 9.79. The Hall–Kier alpha value is -0.0400. The van der Waals surface area contributed by atoms with Crippen LogP contribution in [-0.2, 0) is 0 Å². The van der Waals surface area contributed by atoms with Gasteiger partial charge in [-0.3, -0.25) is 0 Å². The summed E-state index contributed by atoms with van der Waals surface area (Å²) in [7, 11) is 0. The highest BCUT2D eigenvalue weighted by Gasteiger charge is 2.30. The summed E-state index contributed by atoms with van der Waals surface area (Å²) in [6.45, 7) is 2.30. The maximum atomic E-state index is 9.85. The van der Waals surface area contributed by atoms with Crippen LogP contribution in [-0.4, -0.2) is 11.2 Å². The fraction of sp³-hybridized carbons (Fsp3) is 1.00. The van der Waals surface area contributed by atoms with Gasteiger partial charge >= 0.3 is 0 Å². The molecule has 1 N–H and O–H groups in total. The predicted molar refractivity (Wildman–Crippen MR) is 86.8 cm³/mol. The lowest BCUT2D eigenvalue weighted by molar-refractivity contribution is 0.0639. The number of hydrogen-bond donors (Lipinski definition) is 1. The van der Waals surface area contributed by atoms with Crippen molar-refractivity contribution >= 4 is 0 Å². The topological polar surface area (TPSA) is 20.2 Å². The molecular formula is C19H36O. The van der Waals surface area contributed by atoms with Crippen LogP contribution in [0, 0.1) is 17.8 Å². The van der Waals surface area contributed by atoms with Crippen LogP contribution in [0.3, 0.4) is 0 Å². The molecule has 0 amide bonds. The second-order valence-corrected chi connectivity index (χ2v) is 7.56. The molecule has 20 heavy (non-hydrogen) atoms. The normalized spacial score (nSPS) is 35.1. The highest BCUT2D eigenvalue weighted by atomic mass is 16.3. The van der Waals surface area contributed by atoms with Gasteiger partial charge in [0, 0.05) is 0 Å². The van der Waals surface area contributed by atoms with Gasteiger partial charge in [0.05, 0.1) is 6.10 Å². The van der Waals surface area contributed by atoms with E-state index in [4.69, 9.17) is 0 Å². The van der Waals surface area contributed by atoms with E-state index in [9.17, 15) is 5.11 Å². The van der Waals surface area contributed by atoms with Gasteiger partial charge in [-0.15, -0.1) is 0 Å². The van der Waals surface area contributed by atoms with Crippen molar-refractivity contribution in [2.45, 2.75) is 103 Å². The molecule has 2 fully saturated rings. The molecule has 2 saturated carbocycles. The Bertz CT molecular complexity index is 242. The standard InChI is InChI=1S/C19H36O/c1-2-3-4-5-6-8-16-11-13-17(14-12-16)18-9-7-10-19(20)15-18/h16-20H,2-15H2,1H3. The third-order valence-electron chi connectivity index (χ3n) is 5.96. The largest absolute Gasteiger partial charge is 0.393 e. The third kappa shape index (κ3) is 5.39. The molecule has 2 rings (SSSR count). The van der Waals surface area contributed by atoms with E-state index in [1.807, 2.05) is 0 Å². The van der Waals surface area contributed by atoms with Gasteiger partial charge in [-0.25, -0.2) is 0 Å². The van der Waals surface area contributed by atoms with Crippen LogP contribution in [0.5, 0.6) is 0 Å². The molecule has 2 atom stereocenters. The zero-order valence-corrected chi connectivity index (χ0v) is 13.7. The van der Waals surface area contributed by atoms with Crippen molar-refractivity contribution in [2.24, 2.45) is 17.8 Å². The number of rotatable bonds is 7. The van der Waals surface area contributed by atoms with E-state index < -0.39 is 0 Å². The smallest absolute Gasteiger partial charge is 0.0543 e. The fourth-order valence-electron chi connectivity index (χ4n) is 4.61. The molecule has 2 unspecified atom stereocenters. The number of aliphatic hydroxyl groups is 1. The lowest BCUT2D eigenvalue weighted by Gasteiger charge is -2.37. The summed E-state index contributed by atoms with van der Waals surface area (Å²) in [5.41, 5.74) is 0. The molecular weight excluding hydrogens is 244 g/mol. The Balaban J connectivity index is 1.57. The average Bonchev–Trinajstić information content (AvgIpc) is 2.48. The fourth-order valence-corrected chi connectivity index (χ4v) is 4.61. The first-order valence-corrected chi connectivity index (χ1v) is 9.47. The van der Waals surface area contributed by atoms with Crippen molar-refractivity contribution in [3.8, 4) is 0 Å². The van der Waals surface area contributed by atoms with Gasteiger partial charge in [-0.2, -0.15) is 0 Å². The first kappa shape index (κ1) is 16.3. The van der Waals surface area contributed by atoms with E-state index in [1.165, 1.54) is 77.0 Å². The monoisotopic (exact) mass is 280 g/mol. The lowest BCUT2D eigenvalue weighted by Crippen LogP contribution is -2.28. The zero-order chi connectivity index (χ0) is 14.2. The highest BCUT2D eigenvalue weighted by molar-refractivity contribution is 4.82. The summed E-state index contributed by atoms with van der Waals surface area (Å²) in [5, 5.41) is 9.85. The molecule has 0 bridgehead atoms. The lowest BCUT2D eigenvalue weighted by atomic mass is 9.70. The van der Waals surface area contributed by atoms with E-state index >= 15 is 0 Å². The van der Waals surface area contributed by atoms with Gasteiger partial charge in [0.2, 0.25) is 0 Å². The Morgan fingerprint density at radius 3 is 2.25 bits per heavy atom. The van der Waals surface area contributed by atoms with E-state index in [-0.39, 0.29) is 6.10 Å². The van der Waals surface area contributed by atoms with Crippen LogP contribution >= 0.6 is 0 Å².